The third-order valence-electron chi connectivity index (χ3n) is 6.17. The van der Waals surface area contributed by atoms with Crippen LogP contribution in [0.25, 0.3) is 0 Å². The maximum atomic E-state index is 12.8. The van der Waals surface area contributed by atoms with E-state index in [4.69, 9.17) is 9.47 Å². The van der Waals surface area contributed by atoms with E-state index in [9.17, 15) is 8.42 Å². The molecule has 2 aromatic rings. The summed E-state index contributed by atoms with van der Waals surface area (Å²) >= 11 is 0. The van der Waals surface area contributed by atoms with Gasteiger partial charge in [0.1, 0.15) is 0 Å². The van der Waals surface area contributed by atoms with Gasteiger partial charge in [0.05, 0.1) is 45.3 Å². The summed E-state index contributed by atoms with van der Waals surface area (Å²) in [7, 11) is -2.17. The van der Waals surface area contributed by atoms with Crippen LogP contribution in [0.5, 0.6) is 0 Å². The fourth-order valence-corrected chi connectivity index (χ4v) is 6.87. The Kier molecular flexibility index (Phi) is 7.42. The molecule has 2 heterocycles. The molecule has 4 rings (SSSR count). The molecule has 6 heteroatoms. The molecule has 0 radical (unpaired) electrons. The first-order valence-corrected chi connectivity index (χ1v) is 13.8. The van der Waals surface area contributed by atoms with Crippen molar-refractivity contribution in [1.29, 1.82) is 0 Å². The normalized spacial score (nSPS) is 28.3. The van der Waals surface area contributed by atoms with Crippen LogP contribution in [-0.4, -0.2) is 37.9 Å². The van der Waals surface area contributed by atoms with Gasteiger partial charge in [0.15, 0.2) is 5.79 Å². The van der Waals surface area contributed by atoms with Gasteiger partial charge >= 0.3 is 0 Å². The van der Waals surface area contributed by atoms with E-state index in [0.717, 1.165) is 48.3 Å². The maximum absolute atomic E-state index is 12.8. The van der Waals surface area contributed by atoms with Gasteiger partial charge in [-0.05, 0) is 63.8 Å². The summed E-state index contributed by atoms with van der Waals surface area (Å²) in [5.74, 6) is 0.378. The van der Waals surface area contributed by atoms with Gasteiger partial charge in [-0.1, -0.05) is 35.4 Å². The summed E-state index contributed by atoms with van der Waals surface area (Å²) in [4.78, 5) is 1.70. The summed E-state index contributed by atoms with van der Waals surface area (Å²) in [6, 6.07) is 15.8. The second-order valence-corrected chi connectivity index (χ2v) is 11.8. The summed E-state index contributed by atoms with van der Waals surface area (Å²) in [5.41, 5.74) is 2.33. The summed E-state index contributed by atoms with van der Waals surface area (Å²) in [6.45, 7) is 4.06. The van der Waals surface area contributed by atoms with Gasteiger partial charge in [-0.25, -0.2) is 0 Å². The molecule has 2 aliphatic rings. The van der Waals surface area contributed by atoms with Gasteiger partial charge in [0.25, 0.3) is 0 Å². The van der Waals surface area contributed by atoms with Crippen molar-refractivity contribution in [2.75, 3.05) is 11.5 Å². The lowest BCUT2D eigenvalue weighted by Gasteiger charge is -2.45. The third-order valence-corrected chi connectivity index (χ3v) is 9.12. The molecule has 0 saturated carbocycles. The molecular weight excluding hydrogens is 428 g/mol. The van der Waals surface area contributed by atoms with Crippen molar-refractivity contribution in [2.45, 2.75) is 80.2 Å². The van der Waals surface area contributed by atoms with E-state index in [2.05, 4.69) is 0 Å². The van der Waals surface area contributed by atoms with Crippen LogP contribution >= 0.6 is 0 Å². The molecular formula is C25H32O4S2. The molecule has 0 aromatic heterocycles. The topological polar surface area (TPSA) is 52.6 Å². The quantitative estimate of drug-likeness (QED) is 0.605. The summed E-state index contributed by atoms with van der Waals surface area (Å²) in [6.07, 6.45) is 5.38. The molecule has 168 valence electrons. The van der Waals surface area contributed by atoms with Gasteiger partial charge in [-0.15, -0.1) is 0 Å². The van der Waals surface area contributed by atoms with Crippen LogP contribution < -0.4 is 0 Å². The molecule has 0 aliphatic carbocycles. The molecule has 2 saturated heterocycles. The van der Waals surface area contributed by atoms with E-state index < -0.39 is 27.4 Å². The lowest BCUT2D eigenvalue weighted by Crippen LogP contribution is -2.50. The van der Waals surface area contributed by atoms with E-state index >= 15 is 0 Å². The van der Waals surface area contributed by atoms with E-state index in [1.165, 1.54) is 11.1 Å². The molecule has 31 heavy (non-hydrogen) atoms. The number of aryl methyl sites for hydroxylation is 2. The fraction of sp³-hybridized carbons (Fsp3) is 0.520. The fourth-order valence-electron chi connectivity index (χ4n) is 4.46. The zero-order valence-electron chi connectivity index (χ0n) is 18.4. The first-order chi connectivity index (χ1) is 14.9. The highest BCUT2D eigenvalue weighted by atomic mass is 32.2. The van der Waals surface area contributed by atoms with Crippen molar-refractivity contribution in [2.24, 2.45) is 0 Å². The van der Waals surface area contributed by atoms with Crippen LogP contribution in [0.4, 0.5) is 0 Å². The lowest BCUT2D eigenvalue weighted by atomic mass is 9.93. The van der Waals surface area contributed by atoms with Crippen LogP contribution in [0.1, 0.15) is 49.7 Å². The zero-order chi connectivity index (χ0) is 21.8. The Hall–Kier alpha value is -1.34. The first kappa shape index (κ1) is 22.8. The van der Waals surface area contributed by atoms with Gasteiger partial charge in [-0.2, -0.15) is 0 Å². The highest BCUT2D eigenvalue weighted by Gasteiger charge is 2.43. The number of ether oxygens (including phenoxy) is 2. The molecule has 0 N–H and O–H groups in total. The van der Waals surface area contributed by atoms with Crippen molar-refractivity contribution in [3.63, 3.8) is 0 Å². The van der Waals surface area contributed by atoms with E-state index in [0.29, 0.717) is 11.5 Å². The monoisotopic (exact) mass is 460 g/mol. The minimum Gasteiger partial charge on any atom is -0.346 e. The molecule has 1 spiro atoms. The average molecular weight is 461 g/mol. The molecule has 4 nitrogen and oxygen atoms in total. The van der Waals surface area contributed by atoms with Crippen LogP contribution in [0.15, 0.2) is 58.3 Å². The highest BCUT2D eigenvalue weighted by molar-refractivity contribution is 7.85. The third kappa shape index (κ3) is 5.92. The Morgan fingerprint density at radius 3 is 1.52 bits per heavy atom. The summed E-state index contributed by atoms with van der Waals surface area (Å²) < 4.78 is 38.6. The van der Waals surface area contributed by atoms with E-state index in [-0.39, 0.29) is 12.2 Å². The zero-order valence-corrected chi connectivity index (χ0v) is 20.0. The van der Waals surface area contributed by atoms with Crippen molar-refractivity contribution < 1.29 is 17.9 Å². The lowest BCUT2D eigenvalue weighted by molar-refractivity contribution is -0.307. The van der Waals surface area contributed by atoms with Crippen LogP contribution in [0.3, 0.4) is 0 Å². The minimum absolute atomic E-state index is 0.0720. The number of hydrogen-bond donors (Lipinski definition) is 0. The molecule has 2 aliphatic heterocycles. The number of rotatable bonds is 6. The van der Waals surface area contributed by atoms with Crippen molar-refractivity contribution in [3.05, 3.63) is 59.7 Å². The average Bonchev–Trinajstić information content (AvgIpc) is 2.75. The van der Waals surface area contributed by atoms with Gasteiger partial charge in [-0.3, -0.25) is 8.42 Å². The predicted molar refractivity (Wildman–Crippen MR) is 125 cm³/mol. The molecule has 2 aromatic carbocycles. The second-order valence-electron chi connectivity index (χ2n) is 8.83. The van der Waals surface area contributed by atoms with Gasteiger partial charge < -0.3 is 9.47 Å². The Morgan fingerprint density at radius 1 is 0.742 bits per heavy atom. The van der Waals surface area contributed by atoms with E-state index in [1.807, 2.05) is 62.4 Å². The van der Waals surface area contributed by atoms with E-state index in [1.54, 1.807) is 0 Å². The Bertz CT molecular complexity index is 846. The Labute approximate surface area is 190 Å². The molecule has 5 atom stereocenters. The smallest absolute Gasteiger partial charge is 0.169 e. The number of hydrogen-bond acceptors (Lipinski definition) is 4. The van der Waals surface area contributed by atoms with Crippen LogP contribution in [-0.2, 0) is 31.1 Å². The minimum atomic E-state index is -1.08. The predicted octanol–water partition coefficient (Wildman–Crippen LogP) is 5.05. The molecule has 2 fully saturated rings. The van der Waals surface area contributed by atoms with Crippen molar-refractivity contribution in [3.8, 4) is 0 Å². The second kappa shape index (κ2) is 10.1. The molecule has 0 bridgehead atoms. The largest absolute Gasteiger partial charge is 0.346 e. The summed E-state index contributed by atoms with van der Waals surface area (Å²) in [5, 5.41) is 0. The standard InChI is InChI=1S/C25H32O4S2/c1-19-7-11-23(12-8-19)30(26)17-21-5-3-15-25(28-21)16-4-6-22(29-25)18-31(27)24-13-9-20(2)10-14-24/h7-14,21-22H,3-6,15-18H2,1-2H3/t21-,22-,25?,30-,31+/m1/s1. The Balaban J connectivity index is 1.36. The molecule has 1 unspecified atom stereocenters. The van der Waals surface area contributed by atoms with Gasteiger partial charge in [0, 0.05) is 22.6 Å². The Morgan fingerprint density at radius 2 is 1.13 bits per heavy atom. The number of benzene rings is 2. The molecule has 0 amide bonds. The first-order valence-electron chi connectivity index (χ1n) is 11.2. The SMILES string of the molecule is Cc1ccc([S@](=O)C[C@H]2CCCC3(CCC[C@H](C[S@](=O)c4ccc(C)cc4)O3)O2)cc1. The van der Waals surface area contributed by atoms with Crippen LogP contribution in [0, 0.1) is 13.8 Å². The highest BCUT2D eigenvalue weighted by Crippen LogP contribution is 2.40. The van der Waals surface area contributed by atoms with Crippen LogP contribution in [0.2, 0.25) is 0 Å². The maximum Gasteiger partial charge on any atom is 0.169 e. The van der Waals surface area contributed by atoms with Crippen molar-refractivity contribution in [1.82, 2.24) is 0 Å². The van der Waals surface area contributed by atoms with Gasteiger partial charge in [0.2, 0.25) is 0 Å². The van der Waals surface area contributed by atoms with Crippen molar-refractivity contribution >= 4 is 21.6 Å².